The van der Waals surface area contributed by atoms with Gasteiger partial charge in [0.25, 0.3) is 5.91 Å². The molecule has 0 aliphatic rings. The van der Waals surface area contributed by atoms with Crippen LogP contribution in [-0.4, -0.2) is 25.0 Å². The summed E-state index contributed by atoms with van der Waals surface area (Å²) >= 11 is 0. The highest BCUT2D eigenvalue weighted by Gasteiger charge is 2.15. The van der Waals surface area contributed by atoms with Crippen LogP contribution in [0.5, 0.6) is 11.5 Å². The van der Waals surface area contributed by atoms with Crippen molar-refractivity contribution in [2.24, 2.45) is 5.92 Å². The van der Waals surface area contributed by atoms with E-state index in [1.807, 2.05) is 46.8 Å². The van der Waals surface area contributed by atoms with Gasteiger partial charge in [-0.15, -0.1) is 0 Å². The van der Waals surface area contributed by atoms with Crippen LogP contribution in [-0.2, 0) is 4.79 Å². The van der Waals surface area contributed by atoms with Crippen molar-refractivity contribution in [2.75, 3.05) is 13.2 Å². The minimum atomic E-state index is -0.754. The Kier molecular flexibility index (Phi) is 6.98. The van der Waals surface area contributed by atoms with Crippen LogP contribution < -0.4 is 20.4 Å². The fraction of sp³-hybridized carbons (Fsp3) is 0.320. The van der Waals surface area contributed by atoms with Gasteiger partial charge in [0.2, 0.25) is 0 Å². The minimum Gasteiger partial charge on any atom is -0.481 e. The number of amides is 1. The lowest BCUT2D eigenvalue weighted by Gasteiger charge is -2.13. The Morgan fingerprint density at radius 3 is 2.47 bits per heavy atom. The number of nitrogens with one attached hydrogen (secondary N) is 1. The van der Waals surface area contributed by atoms with Crippen LogP contribution in [0.25, 0.3) is 11.0 Å². The Morgan fingerprint density at radius 1 is 1.03 bits per heavy atom. The van der Waals surface area contributed by atoms with Gasteiger partial charge in [-0.2, -0.15) is 0 Å². The highest BCUT2D eigenvalue weighted by Crippen LogP contribution is 2.26. The number of hydrogen-bond acceptors (Lipinski definition) is 6. The molecule has 0 aliphatic heterocycles. The summed E-state index contributed by atoms with van der Waals surface area (Å²) in [4.78, 5) is 36.8. The molecule has 3 aromatic rings. The summed E-state index contributed by atoms with van der Waals surface area (Å²) in [5.74, 6) is 0.0607. The summed E-state index contributed by atoms with van der Waals surface area (Å²) in [7, 11) is 0. The molecule has 168 valence electrons. The number of carbonyl (C=O) groups excluding carboxylic acids is 2. The van der Waals surface area contributed by atoms with E-state index >= 15 is 0 Å². The molecule has 1 heterocycles. The molecule has 0 saturated carbocycles. The molecule has 0 unspecified atom stereocenters. The second-order valence-corrected chi connectivity index (χ2v) is 8.17. The highest BCUT2D eigenvalue weighted by molar-refractivity contribution is 5.96. The van der Waals surface area contributed by atoms with Gasteiger partial charge in [0.05, 0.1) is 0 Å². The van der Waals surface area contributed by atoms with E-state index in [9.17, 15) is 14.4 Å². The maximum absolute atomic E-state index is 12.3. The monoisotopic (exact) mass is 437 g/mol. The molecular weight excluding hydrogens is 410 g/mol. The minimum absolute atomic E-state index is 0.0693. The second kappa shape index (κ2) is 9.68. The van der Waals surface area contributed by atoms with Gasteiger partial charge in [-0.05, 0) is 61.6 Å². The van der Waals surface area contributed by atoms with Crippen LogP contribution in [0.2, 0.25) is 0 Å². The number of carbonyl (C=O) groups is 2. The van der Waals surface area contributed by atoms with E-state index in [-0.39, 0.29) is 29.4 Å². The summed E-state index contributed by atoms with van der Waals surface area (Å²) in [5.41, 5.74) is 2.36. The van der Waals surface area contributed by atoms with Crippen LogP contribution in [0.1, 0.15) is 40.9 Å². The van der Waals surface area contributed by atoms with Crippen LogP contribution in [0.15, 0.2) is 45.6 Å². The average molecular weight is 437 g/mol. The maximum atomic E-state index is 12.3. The molecule has 0 fully saturated rings. The number of ether oxygens (including phenoxy) is 2. The van der Waals surface area contributed by atoms with Gasteiger partial charge < -0.3 is 19.2 Å². The molecule has 1 amide bonds. The molecular formula is C25H27NO6. The quantitative estimate of drug-likeness (QED) is 0.340. The Labute approximate surface area is 186 Å². The summed E-state index contributed by atoms with van der Waals surface area (Å²) in [5, 5.41) is 3.24. The molecule has 1 N–H and O–H groups in total. The van der Waals surface area contributed by atoms with Gasteiger partial charge in [-0.3, -0.25) is 4.79 Å². The van der Waals surface area contributed by atoms with Crippen molar-refractivity contribution in [3.8, 4) is 11.5 Å². The Balaban J connectivity index is 1.71. The van der Waals surface area contributed by atoms with E-state index < -0.39 is 17.5 Å². The summed E-state index contributed by atoms with van der Waals surface area (Å²) < 4.78 is 16.3. The first-order valence-electron chi connectivity index (χ1n) is 10.4. The Hall–Kier alpha value is -3.61. The first-order chi connectivity index (χ1) is 15.2. The van der Waals surface area contributed by atoms with Crippen molar-refractivity contribution in [3.63, 3.8) is 0 Å². The number of rotatable bonds is 7. The number of benzene rings is 2. The lowest BCUT2D eigenvalue weighted by atomic mass is 10.1. The van der Waals surface area contributed by atoms with Crippen molar-refractivity contribution in [1.29, 1.82) is 0 Å². The van der Waals surface area contributed by atoms with Crippen LogP contribution in [0, 0.1) is 26.7 Å². The maximum Gasteiger partial charge on any atom is 0.349 e. The number of esters is 1. The van der Waals surface area contributed by atoms with Gasteiger partial charge in [0, 0.05) is 18.0 Å². The van der Waals surface area contributed by atoms with Crippen molar-refractivity contribution < 1.29 is 23.5 Å². The number of hydrogen-bond donors (Lipinski definition) is 1. The zero-order chi connectivity index (χ0) is 23.4. The van der Waals surface area contributed by atoms with Gasteiger partial charge in [0.1, 0.15) is 22.6 Å². The summed E-state index contributed by atoms with van der Waals surface area (Å²) in [6.07, 6.45) is 0. The van der Waals surface area contributed by atoms with E-state index in [4.69, 9.17) is 13.9 Å². The molecule has 0 bridgehead atoms. The molecule has 0 atom stereocenters. The zero-order valence-electron chi connectivity index (χ0n) is 18.9. The number of aryl methyl sites for hydroxylation is 2. The SMILES string of the molecule is Cc1ccc(C)c(OCC(=O)Oc2ccc3cc(C(=O)NCC(C)C)c(=O)oc3c2)c1C. The summed E-state index contributed by atoms with van der Waals surface area (Å²) in [6, 6.07) is 10.0. The first-order valence-corrected chi connectivity index (χ1v) is 10.4. The topological polar surface area (TPSA) is 94.8 Å². The van der Waals surface area contributed by atoms with Gasteiger partial charge >= 0.3 is 11.6 Å². The standard InChI is InChI=1S/C25H27NO6/c1-14(2)12-26-24(28)20-10-18-8-9-19(11-21(18)32-25(20)29)31-22(27)13-30-23-16(4)7-6-15(3)17(23)5/h6-11,14H,12-13H2,1-5H3,(H,26,28). The fourth-order valence-electron chi connectivity index (χ4n) is 3.14. The van der Waals surface area contributed by atoms with Crippen molar-refractivity contribution >= 4 is 22.8 Å². The second-order valence-electron chi connectivity index (χ2n) is 8.17. The van der Waals surface area contributed by atoms with Crippen molar-refractivity contribution in [1.82, 2.24) is 5.32 Å². The van der Waals surface area contributed by atoms with Gasteiger partial charge in [0.15, 0.2) is 6.61 Å². The van der Waals surface area contributed by atoms with Crippen molar-refractivity contribution in [3.05, 3.63) is 69.1 Å². The molecule has 3 rings (SSSR count). The molecule has 7 heteroatoms. The third-order valence-corrected chi connectivity index (χ3v) is 5.06. The van der Waals surface area contributed by atoms with E-state index in [0.29, 0.717) is 17.7 Å². The largest absolute Gasteiger partial charge is 0.481 e. The highest BCUT2D eigenvalue weighted by atomic mass is 16.6. The molecule has 2 aromatic carbocycles. The Bertz CT molecular complexity index is 1230. The smallest absolute Gasteiger partial charge is 0.349 e. The van der Waals surface area contributed by atoms with Gasteiger partial charge in [-0.25, -0.2) is 9.59 Å². The van der Waals surface area contributed by atoms with E-state index in [1.54, 1.807) is 12.1 Å². The molecule has 1 aromatic heterocycles. The van der Waals surface area contributed by atoms with E-state index in [0.717, 1.165) is 16.7 Å². The van der Waals surface area contributed by atoms with Crippen LogP contribution in [0.3, 0.4) is 0 Å². The zero-order valence-corrected chi connectivity index (χ0v) is 18.9. The third kappa shape index (κ3) is 5.35. The lowest BCUT2D eigenvalue weighted by molar-refractivity contribution is -0.136. The van der Waals surface area contributed by atoms with E-state index in [1.165, 1.54) is 12.1 Å². The van der Waals surface area contributed by atoms with Crippen LogP contribution >= 0.6 is 0 Å². The normalized spacial score (nSPS) is 10.9. The molecule has 32 heavy (non-hydrogen) atoms. The predicted molar refractivity (Wildman–Crippen MR) is 121 cm³/mol. The van der Waals surface area contributed by atoms with Gasteiger partial charge in [-0.1, -0.05) is 26.0 Å². The molecule has 0 aliphatic carbocycles. The number of fused-ring (bicyclic) bond motifs is 1. The van der Waals surface area contributed by atoms with Crippen molar-refractivity contribution in [2.45, 2.75) is 34.6 Å². The lowest BCUT2D eigenvalue weighted by Crippen LogP contribution is -2.31. The first kappa shape index (κ1) is 23.1. The molecule has 0 saturated heterocycles. The molecule has 0 spiro atoms. The fourth-order valence-corrected chi connectivity index (χ4v) is 3.14. The molecule has 7 nitrogen and oxygen atoms in total. The van der Waals surface area contributed by atoms with Crippen LogP contribution in [0.4, 0.5) is 0 Å². The predicted octanol–water partition coefficient (Wildman–Crippen LogP) is 4.09. The third-order valence-electron chi connectivity index (χ3n) is 5.06. The summed E-state index contributed by atoms with van der Waals surface area (Å²) in [6.45, 7) is 9.93. The Morgan fingerprint density at radius 2 is 1.75 bits per heavy atom. The molecule has 0 radical (unpaired) electrons. The average Bonchev–Trinajstić information content (AvgIpc) is 2.74. The van der Waals surface area contributed by atoms with E-state index in [2.05, 4.69) is 5.32 Å².